The van der Waals surface area contributed by atoms with Crippen LogP contribution in [0.3, 0.4) is 0 Å². The molecule has 136 valence electrons. The first-order chi connectivity index (χ1) is 13.3. The highest BCUT2D eigenvalue weighted by Gasteiger charge is 2.32. The van der Waals surface area contributed by atoms with Gasteiger partial charge in [-0.1, -0.05) is 12.1 Å². The lowest BCUT2D eigenvalue weighted by atomic mass is 10.0. The molecule has 1 atom stereocenters. The van der Waals surface area contributed by atoms with Crippen molar-refractivity contribution in [3.63, 3.8) is 0 Å². The third-order valence-electron chi connectivity index (χ3n) is 5.07. The minimum atomic E-state index is -0.0887. The molecule has 0 radical (unpaired) electrons. The Kier molecular flexibility index (Phi) is 3.78. The highest BCUT2D eigenvalue weighted by atomic mass is 16.3. The Hall–Kier alpha value is -3.35. The molecule has 0 saturated carbocycles. The molecule has 0 unspecified atom stereocenters. The quantitative estimate of drug-likeness (QED) is 0.579. The van der Waals surface area contributed by atoms with E-state index in [0.29, 0.717) is 23.7 Å². The van der Waals surface area contributed by atoms with Crippen LogP contribution in [0.15, 0.2) is 53.1 Å². The molecular formula is C20H19N5O2. The molecule has 7 nitrogen and oxygen atoms in total. The van der Waals surface area contributed by atoms with Crippen molar-refractivity contribution >= 4 is 16.9 Å². The molecule has 1 amide bonds. The topological polar surface area (TPSA) is 90.8 Å². The number of likely N-dealkylation sites (tertiary alicyclic amines) is 1. The number of hydrogen-bond acceptors (Lipinski definition) is 4. The first kappa shape index (κ1) is 15.9. The molecule has 0 spiro atoms. The van der Waals surface area contributed by atoms with Crippen LogP contribution >= 0.6 is 0 Å². The first-order valence-electron chi connectivity index (χ1n) is 9.14. The van der Waals surface area contributed by atoms with Crippen molar-refractivity contribution in [3.8, 4) is 11.5 Å². The Morgan fingerprint density at radius 1 is 1.19 bits per heavy atom. The number of benzene rings is 1. The highest BCUT2D eigenvalue weighted by Crippen LogP contribution is 2.32. The molecule has 1 fully saturated rings. The van der Waals surface area contributed by atoms with Crippen molar-refractivity contribution in [2.24, 2.45) is 0 Å². The Balaban J connectivity index is 1.45. The molecule has 27 heavy (non-hydrogen) atoms. The second-order valence-electron chi connectivity index (χ2n) is 6.79. The number of imidazole rings is 1. The molecule has 7 heteroatoms. The second kappa shape index (κ2) is 6.42. The van der Waals surface area contributed by atoms with Gasteiger partial charge >= 0.3 is 0 Å². The molecule has 1 aliphatic rings. The van der Waals surface area contributed by atoms with Gasteiger partial charge in [0, 0.05) is 12.6 Å². The average molecular weight is 361 g/mol. The number of hydrogen-bond donors (Lipinski definition) is 2. The standard InChI is InChI=1S/C20H19N5O2/c26-20(16-12-15(23-24-16)18-9-5-11-27-18)25-10-4-3-8-17(25)19-21-13-6-1-2-7-14(13)22-19/h1-2,5-7,9,11-12,17H,3-4,8,10H2,(H,21,22)(H,23,24)/t17-/m1/s1. The van der Waals surface area contributed by atoms with Crippen LogP contribution in [0.25, 0.3) is 22.5 Å². The summed E-state index contributed by atoms with van der Waals surface area (Å²) in [6, 6.07) is 13.2. The molecule has 5 rings (SSSR count). The summed E-state index contributed by atoms with van der Waals surface area (Å²) >= 11 is 0. The van der Waals surface area contributed by atoms with Gasteiger partial charge in [0.2, 0.25) is 0 Å². The van der Waals surface area contributed by atoms with E-state index in [4.69, 9.17) is 9.40 Å². The van der Waals surface area contributed by atoms with E-state index in [9.17, 15) is 4.79 Å². The Morgan fingerprint density at radius 3 is 2.96 bits per heavy atom. The maximum Gasteiger partial charge on any atom is 0.274 e. The van der Waals surface area contributed by atoms with Crippen LogP contribution in [0.1, 0.15) is 41.6 Å². The van der Waals surface area contributed by atoms with Crippen LogP contribution in [0.2, 0.25) is 0 Å². The van der Waals surface area contributed by atoms with Gasteiger partial charge in [0.1, 0.15) is 11.5 Å². The SMILES string of the molecule is O=C(c1cc(-c2ccco2)[nH]n1)N1CCCC[C@@H]1c1nc2ccccc2[nH]1. The molecule has 3 aromatic heterocycles. The number of nitrogens with one attached hydrogen (secondary N) is 2. The Bertz CT molecular complexity index is 1050. The third kappa shape index (κ3) is 2.81. The van der Waals surface area contributed by atoms with E-state index in [2.05, 4.69) is 15.2 Å². The number of aromatic amines is 2. The fourth-order valence-corrected chi connectivity index (χ4v) is 3.73. The number of para-hydroxylation sites is 2. The number of piperidine rings is 1. The number of H-pyrrole nitrogens is 2. The molecule has 1 saturated heterocycles. The lowest BCUT2D eigenvalue weighted by molar-refractivity contribution is 0.0595. The largest absolute Gasteiger partial charge is 0.463 e. The van der Waals surface area contributed by atoms with E-state index < -0.39 is 0 Å². The van der Waals surface area contributed by atoms with E-state index in [1.54, 1.807) is 18.4 Å². The zero-order chi connectivity index (χ0) is 18.2. The molecule has 4 heterocycles. The van der Waals surface area contributed by atoms with Gasteiger partial charge in [0.15, 0.2) is 11.5 Å². The average Bonchev–Trinajstić information content (AvgIpc) is 3.47. The summed E-state index contributed by atoms with van der Waals surface area (Å²) in [6.07, 6.45) is 4.54. The number of carbonyl (C=O) groups is 1. The van der Waals surface area contributed by atoms with Crippen LogP contribution in [0.4, 0.5) is 0 Å². The van der Waals surface area contributed by atoms with E-state index >= 15 is 0 Å². The van der Waals surface area contributed by atoms with E-state index in [1.807, 2.05) is 35.2 Å². The molecule has 4 aromatic rings. The first-order valence-corrected chi connectivity index (χ1v) is 9.14. The zero-order valence-corrected chi connectivity index (χ0v) is 14.7. The zero-order valence-electron chi connectivity index (χ0n) is 14.7. The molecular weight excluding hydrogens is 342 g/mol. The number of furan rings is 1. The minimum Gasteiger partial charge on any atom is -0.463 e. The second-order valence-corrected chi connectivity index (χ2v) is 6.79. The molecule has 0 aliphatic carbocycles. The molecule has 1 aliphatic heterocycles. The summed E-state index contributed by atoms with van der Waals surface area (Å²) in [7, 11) is 0. The lowest BCUT2D eigenvalue weighted by Gasteiger charge is -2.34. The van der Waals surface area contributed by atoms with Gasteiger partial charge in [0.05, 0.1) is 23.3 Å². The van der Waals surface area contributed by atoms with Crippen molar-refractivity contribution in [1.82, 2.24) is 25.1 Å². The van der Waals surface area contributed by atoms with Crippen molar-refractivity contribution in [1.29, 1.82) is 0 Å². The van der Waals surface area contributed by atoms with Crippen molar-refractivity contribution in [2.75, 3.05) is 6.54 Å². The van der Waals surface area contributed by atoms with E-state index in [0.717, 1.165) is 36.1 Å². The molecule has 2 N–H and O–H groups in total. The van der Waals surface area contributed by atoms with Crippen molar-refractivity contribution < 1.29 is 9.21 Å². The number of fused-ring (bicyclic) bond motifs is 1. The summed E-state index contributed by atoms with van der Waals surface area (Å²) < 4.78 is 5.37. The van der Waals surface area contributed by atoms with Crippen molar-refractivity contribution in [2.45, 2.75) is 25.3 Å². The van der Waals surface area contributed by atoms with Gasteiger partial charge in [-0.2, -0.15) is 5.10 Å². The number of nitrogens with zero attached hydrogens (tertiary/aromatic N) is 3. The summed E-state index contributed by atoms with van der Waals surface area (Å²) in [5.74, 6) is 1.41. The predicted octanol–water partition coefficient (Wildman–Crippen LogP) is 3.91. The van der Waals surface area contributed by atoms with Gasteiger partial charge < -0.3 is 14.3 Å². The van der Waals surface area contributed by atoms with Gasteiger partial charge in [-0.15, -0.1) is 0 Å². The van der Waals surface area contributed by atoms with Crippen LogP contribution < -0.4 is 0 Å². The van der Waals surface area contributed by atoms with Crippen LogP contribution in [0, 0.1) is 0 Å². The summed E-state index contributed by atoms with van der Waals surface area (Å²) in [5.41, 5.74) is 3.00. The monoisotopic (exact) mass is 361 g/mol. The minimum absolute atomic E-state index is 0.0672. The lowest BCUT2D eigenvalue weighted by Crippen LogP contribution is -2.39. The predicted molar refractivity (Wildman–Crippen MR) is 100 cm³/mol. The molecule has 1 aromatic carbocycles. The van der Waals surface area contributed by atoms with Gasteiger partial charge in [0.25, 0.3) is 5.91 Å². The number of rotatable bonds is 3. The summed E-state index contributed by atoms with van der Waals surface area (Å²) in [4.78, 5) is 23.1. The van der Waals surface area contributed by atoms with Crippen LogP contribution in [0.5, 0.6) is 0 Å². The Morgan fingerprint density at radius 2 is 2.11 bits per heavy atom. The maximum absolute atomic E-state index is 13.2. The molecule has 0 bridgehead atoms. The number of amides is 1. The summed E-state index contributed by atoms with van der Waals surface area (Å²) in [6.45, 7) is 0.698. The van der Waals surface area contributed by atoms with E-state index in [1.165, 1.54) is 0 Å². The number of aromatic nitrogens is 4. The number of carbonyl (C=O) groups excluding carboxylic acids is 1. The van der Waals surface area contributed by atoms with E-state index in [-0.39, 0.29) is 11.9 Å². The fourth-order valence-electron chi connectivity index (χ4n) is 3.73. The van der Waals surface area contributed by atoms with Gasteiger partial charge in [-0.3, -0.25) is 9.89 Å². The fraction of sp³-hybridized carbons (Fsp3) is 0.250. The van der Waals surface area contributed by atoms with Gasteiger partial charge in [-0.05, 0) is 43.5 Å². The van der Waals surface area contributed by atoms with Gasteiger partial charge in [-0.25, -0.2) is 4.98 Å². The summed E-state index contributed by atoms with van der Waals surface area (Å²) in [5, 5.41) is 7.10. The maximum atomic E-state index is 13.2. The third-order valence-corrected chi connectivity index (χ3v) is 5.07. The van der Waals surface area contributed by atoms with Crippen LogP contribution in [-0.4, -0.2) is 37.5 Å². The highest BCUT2D eigenvalue weighted by molar-refractivity contribution is 5.93. The smallest absolute Gasteiger partial charge is 0.274 e. The van der Waals surface area contributed by atoms with Crippen molar-refractivity contribution in [3.05, 3.63) is 60.2 Å². The van der Waals surface area contributed by atoms with Crippen LogP contribution in [-0.2, 0) is 0 Å². The normalized spacial score (nSPS) is 17.5. The Labute approximate surface area is 155 Å².